The fourth-order valence-corrected chi connectivity index (χ4v) is 4.21. The standard InChI is InChI=1S/C21H22F3N3O4S/c1-25-32(30,31)18-4-2-3-17(13-18)26-19(28)14-9-11-27(12-10-14)20(29)15-5-7-16(8-6-15)21(22,23)24/h2-8,13-14,25H,9-12H2,1H3,(H,26,28). The third-order valence-electron chi connectivity index (χ3n) is 5.29. The lowest BCUT2D eigenvalue weighted by Crippen LogP contribution is -2.41. The molecule has 1 aliphatic heterocycles. The molecule has 2 aromatic rings. The second-order valence-corrected chi connectivity index (χ2v) is 9.25. The summed E-state index contributed by atoms with van der Waals surface area (Å²) in [6, 6.07) is 9.90. The van der Waals surface area contributed by atoms with Gasteiger partial charge in [0.15, 0.2) is 0 Å². The van der Waals surface area contributed by atoms with Crippen molar-refractivity contribution in [3.8, 4) is 0 Å². The number of sulfonamides is 1. The number of nitrogens with one attached hydrogen (secondary N) is 2. The van der Waals surface area contributed by atoms with Crippen molar-refractivity contribution in [1.29, 1.82) is 0 Å². The number of anilines is 1. The van der Waals surface area contributed by atoms with Crippen LogP contribution >= 0.6 is 0 Å². The minimum Gasteiger partial charge on any atom is -0.339 e. The normalized spacial score (nSPS) is 15.4. The third kappa shape index (κ3) is 5.46. The highest BCUT2D eigenvalue weighted by Gasteiger charge is 2.31. The Kier molecular flexibility index (Phi) is 6.89. The molecule has 0 spiro atoms. The number of rotatable bonds is 5. The van der Waals surface area contributed by atoms with Crippen LogP contribution in [0, 0.1) is 5.92 Å². The first-order valence-corrected chi connectivity index (χ1v) is 11.3. The Labute approximate surface area is 183 Å². The van der Waals surface area contributed by atoms with E-state index in [9.17, 15) is 31.2 Å². The largest absolute Gasteiger partial charge is 0.416 e. The number of hydrogen-bond donors (Lipinski definition) is 2. The summed E-state index contributed by atoms with van der Waals surface area (Å²) < 4.78 is 64.1. The maximum Gasteiger partial charge on any atom is 0.416 e. The first-order chi connectivity index (χ1) is 15.0. The number of likely N-dealkylation sites (tertiary alicyclic amines) is 1. The van der Waals surface area contributed by atoms with E-state index in [1.807, 2.05) is 0 Å². The molecule has 32 heavy (non-hydrogen) atoms. The van der Waals surface area contributed by atoms with Crippen molar-refractivity contribution < 1.29 is 31.2 Å². The lowest BCUT2D eigenvalue weighted by atomic mass is 9.95. The molecule has 1 saturated heterocycles. The van der Waals surface area contributed by atoms with E-state index in [-0.39, 0.29) is 41.3 Å². The minimum absolute atomic E-state index is 0.0229. The third-order valence-corrected chi connectivity index (χ3v) is 6.70. The molecule has 0 saturated carbocycles. The van der Waals surface area contributed by atoms with Crippen molar-refractivity contribution >= 4 is 27.5 Å². The Morgan fingerprint density at radius 2 is 1.66 bits per heavy atom. The van der Waals surface area contributed by atoms with E-state index in [0.717, 1.165) is 24.3 Å². The van der Waals surface area contributed by atoms with Gasteiger partial charge in [-0.2, -0.15) is 13.2 Å². The van der Waals surface area contributed by atoms with E-state index >= 15 is 0 Å². The van der Waals surface area contributed by atoms with Gasteiger partial charge in [0, 0.05) is 30.3 Å². The van der Waals surface area contributed by atoms with Gasteiger partial charge in [-0.15, -0.1) is 0 Å². The van der Waals surface area contributed by atoms with E-state index in [1.165, 1.54) is 30.1 Å². The molecule has 11 heteroatoms. The SMILES string of the molecule is CNS(=O)(=O)c1cccc(NC(=O)C2CCN(C(=O)c3ccc(C(F)(F)F)cc3)CC2)c1. The van der Waals surface area contributed by atoms with Crippen LogP contribution in [0.2, 0.25) is 0 Å². The summed E-state index contributed by atoms with van der Waals surface area (Å²) in [5, 5.41) is 2.70. The van der Waals surface area contributed by atoms with Crippen molar-refractivity contribution in [1.82, 2.24) is 9.62 Å². The van der Waals surface area contributed by atoms with Crippen molar-refractivity contribution in [2.45, 2.75) is 23.9 Å². The molecule has 1 heterocycles. The zero-order chi connectivity index (χ0) is 23.5. The topological polar surface area (TPSA) is 95.6 Å². The molecule has 0 aliphatic carbocycles. The van der Waals surface area contributed by atoms with E-state index in [1.54, 1.807) is 6.07 Å². The smallest absolute Gasteiger partial charge is 0.339 e. The number of carbonyl (C=O) groups is 2. The Morgan fingerprint density at radius 1 is 1.03 bits per heavy atom. The van der Waals surface area contributed by atoms with Gasteiger partial charge in [-0.05, 0) is 62.4 Å². The zero-order valence-corrected chi connectivity index (χ0v) is 18.0. The quantitative estimate of drug-likeness (QED) is 0.704. The molecule has 0 aromatic heterocycles. The predicted octanol–water partition coefficient (Wildman–Crippen LogP) is 3.10. The van der Waals surface area contributed by atoms with Gasteiger partial charge in [0.05, 0.1) is 10.5 Å². The monoisotopic (exact) mass is 469 g/mol. The van der Waals surface area contributed by atoms with Gasteiger partial charge in [0.2, 0.25) is 15.9 Å². The molecule has 2 amide bonds. The van der Waals surface area contributed by atoms with E-state index < -0.39 is 21.8 Å². The van der Waals surface area contributed by atoms with Crippen LogP contribution in [0.15, 0.2) is 53.4 Å². The second-order valence-electron chi connectivity index (χ2n) is 7.37. The fourth-order valence-electron chi connectivity index (χ4n) is 3.43. The summed E-state index contributed by atoms with van der Waals surface area (Å²) >= 11 is 0. The molecule has 2 N–H and O–H groups in total. The van der Waals surface area contributed by atoms with Crippen LogP contribution in [0.25, 0.3) is 0 Å². The Balaban J connectivity index is 1.58. The number of amides is 2. The Bertz CT molecular complexity index is 1090. The van der Waals surface area contributed by atoms with Crippen molar-refractivity contribution in [2.24, 2.45) is 5.92 Å². The lowest BCUT2D eigenvalue weighted by molar-refractivity contribution is -0.137. The molecular weight excluding hydrogens is 447 g/mol. The molecule has 2 aromatic carbocycles. The van der Waals surface area contributed by atoms with Crippen molar-refractivity contribution in [3.05, 3.63) is 59.7 Å². The maximum atomic E-state index is 12.7. The predicted molar refractivity (Wildman–Crippen MR) is 111 cm³/mol. The number of benzene rings is 2. The molecule has 0 radical (unpaired) electrons. The van der Waals surface area contributed by atoms with Crippen molar-refractivity contribution in [3.63, 3.8) is 0 Å². The molecule has 0 unspecified atom stereocenters. The molecule has 3 rings (SSSR count). The summed E-state index contributed by atoms with van der Waals surface area (Å²) in [6.07, 6.45) is -3.70. The number of nitrogens with zero attached hydrogens (tertiary/aromatic N) is 1. The molecule has 1 aliphatic rings. The van der Waals surface area contributed by atoms with Crippen molar-refractivity contribution in [2.75, 3.05) is 25.5 Å². The summed E-state index contributed by atoms with van der Waals surface area (Å²) in [5.74, 6) is -1.05. The van der Waals surface area contributed by atoms with Crippen LogP contribution in [0.5, 0.6) is 0 Å². The Hall–Kier alpha value is -2.92. The van der Waals surface area contributed by atoms with Crippen LogP contribution in [0.4, 0.5) is 18.9 Å². The molecular formula is C21H22F3N3O4S. The van der Waals surface area contributed by atoms with Gasteiger partial charge < -0.3 is 10.2 Å². The van der Waals surface area contributed by atoms with Gasteiger partial charge in [-0.1, -0.05) is 6.07 Å². The molecule has 172 valence electrons. The highest BCUT2D eigenvalue weighted by atomic mass is 32.2. The van der Waals surface area contributed by atoms with Crippen LogP contribution in [0.3, 0.4) is 0 Å². The number of carbonyl (C=O) groups excluding carboxylic acids is 2. The average Bonchev–Trinajstić information content (AvgIpc) is 2.78. The number of halogens is 3. The van der Waals surface area contributed by atoms with E-state index in [2.05, 4.69) is 10.0 Å². The average molecular weight is 469 g/mol. The summed E-state index contributed by atoms with van der Waals surface area (Å²) in [5.41, 5.74) is -0.325. The molecule has 0 bridgehead atoms. The lowest BCUT2D eigenvalue weighted by Gasteiger charge is -2.31. The van der Waals surface area contributed by atoms with Crippen LogP contribution in [-0.4, -0.2) is 45.3 Å². The highest BCUT2D eigenvalue weighted by molar-refractivity contribution is 7.89. The zero-order valence-electron chi connectivity index (χ0n) is 17.1. The molecule has 1 fully saturated rings. The van der Waals surface area contributed by atoms with Gasteiger partial charge >= 0.3 is 6.18 Å². The Morgan fingerprint density at radius 3 is 2.22 bits per heavy atom. The summed E-state index contributed by atoms with van der Waals surface area (Å²) in [6.45, 7) is 0.568. The van der Waals surface area contributed by atoms with Gasteiger partial charge in [0.25, 0.3) is 5.91 Å². The first kappa shape index (κ1) is 23.7. The molecule has 7 nitrogen and oxygen atoms in total. The molecule has 0 atom stereocenters. The number of piperidine rings is 1. The summed E-state index contributed by atoms with van der Waals surface area (Å²) in [7, 11) is -2.35. The van der Waals surface area contributed by atoms with Crippen LogP contribution in [0.1, 0.15) is 28.8 Å². The van der Waals surface area contributed by atoms with Gasteiger partial charge in [-0.3, -0.25) is 9.59 Å². The fraction of sp³-hybridized carbons (Fsp3) is 0.333. The van der Waals surface area contributed by atoms with E-state index in [4.69, 9.17) is 0 Å². The summed E-state index contributed by atoms with van der Waals surface area (Å²) in [4.78, 5) is 26.7. The second kappa shape index (κ2) is 9.29. The van der Waals surface area contributed by atoms with Gasteiger partial charge in [0.1, 0.15) is 0 Å². The van der Waals surface area contributed by atoms with Crippen LogP contribution in [-0.2, 0) is 21.0 Å². The number of alkyl halides is 3. The highest BCUT2D eigenvalue weighted by Crippen LogP contribution is 2.29. The van der Waals surface area contributed by atoms with E-state index in [0.29, 0.717) is 18.5 Å². The van der Waals surface area contributed by atoms with Crippen LogP contribution < -0.4 is 10.0 Å². The van der Waals surface area contributed by atoms with Gasteiger partial charge in [-0.25, -0.2) is 13.1 Å². The number of hydrogen-bond acceptors (Lipinski definition) is 4. The first-order valence-electron chi connectivity index (χ1n) is 9.82. The maximum absolute atomic E-state index is 12.7. The minimum atomic E-state index is -4.47.